The van der Waals surface area contributed by atoms with E-state index in [4.69, 9.17) is 4.74 Å². The summed E-state index contributed by atoms with van der Waals surface area (Å²) >= 11 is 0. The Balaban J connectivity index is 1.27. The second-order valence-electron chi connectivity index (χ2n) is 8.15. The lowest BCUT2D eigenvalue weighted by Crippen LogP contribution is -2.60. The van der Waals surface area contributed by atoms with Crippen LogP contribution in [0.4, 0.5) is 13.2 Å². The van der Waals surface area contributed by atoms with Crippen molar-refractivity contribution in [2.75, 3.05) is 32.7 Å². The lowest BCUT2D eigenvalue weighted by atomic mass is 9.81. The number of rotatable bonds is 4. The molecule has 3 saturated heterocycles. The number of ether oxygens (including phenoxy) is 1. The monoisotopic (exact) mass is 418 g/mol. The van der Waals surface area contributed by atoms with Gasteiger partial charge in [0.15, 0.2) is 0 Å². The molecule has 3 aliphatic heterocycles. The molecule has 28 heavy (non-hydrogen) atoms. The van der Waals surface area contributed by atoms with Crippen LogP contribution in [0.2, 0.25) is 0 Å². The number of halogens is 3. The van der Waals surface area contributed by atoms with Crippen molar-refractivity contribution in [1.82, 2.24) is 9.21 Å². The zero-order valence-corrected chi connectivity index (χ0v) is 16.4. The number of benzene rings is 1. The summed E-state index contributed by atoms with van der Waals surface area (Å²) in [7, 11) is -3.71. The molecule has 0 bridgehead atoms. The van der Waals surface area contributed by atoms with Gasteiger partial charge in [0.05, 0.1) is 16.6 Å². The van der Waals surface area contributed by atoms with E-state index in [2.05, 4.69) is 0 Å². The molecule has 4 rings (SSSR count). The Morgan fingerprint density at radius 1 is 1.07 bits per heavy atom. The summed E-state index contributed by atoms with van der Waals surface area (Å²) in [5, 5.41) is 0. The van der Waals surface area contributed by atoms with Crippen LogP contribution in [0.5, 0.6) is 0 Å². The number of hydrogen-bond donors (Lipinski definition) is 0. The highest BCUT2D eigenvalue weighted by atomic mass is 32.2. The molecule has 3 aliphatic rings. The number of likely N-dealkylation sites (tertiary alicyclic amines) is 1. The van der Waals surface area contributed by atoms with Crippen molar-refractivity contribution in [1.29, 1.82) is 0 Å². The zero-order chi connectivity index (χ0) is 20.0. The summed E-state index contributed by atoms with van der Waals surface area (Å²) in [6.45, 7) is 2.10. The SMILES string of the molecule is O=S(=O)(c1cccc(F)c1)N1CCC2(CC1)C[C@H](CN1CCC(F)(F)CC1)O2. The maximum absolute atomic E-state index is 13.4. The lowest BCUT2D eigenvalue weighted by molar-refractivity contribution is -0.228. The van der Waals surface area contributed by atoms with E-state index < -0.39 is 21.8 Å². The first-order valence-electron chi connectivity index (χ1n) is 9.71. The van der Waals surface area contributed by atoms with Crippen LogP contribution in [0.25, 0.3) is 0 Å². The van der Waals surface area contributed by atoms with Gasteiger partial charge in [-0.3, -0.25) is 0 Å². The second-order valence-corrected chi connectivity index (χ2v) is 10.1. The minimum atomic E-state index is -3.71. The summed E-state index contributed by atoms with van der Waals surface area (Å²) in [5.41, 5.74) is -0.307. The summed E-state index contributed by atoms with van der Waals surface area (Å²) in [5.74, 6) is -3.12. The van der Waals surface area contributed by atoms with Crippen LogP contribution in [0, 0.1) is 5.82 Å². The van der Waals surface area contributed by atoms with E-state index in [0.717, 1.165) is 12.5 Å². The first-order valence-corrected chi connectivity index (χ1v) is 11.2. The van der Waals surface area contributed by atoms with E-state index in [1.54, 1.807) is 0 Å². The van der Waals surface area contributed by atoms with E-state index in [0.29, 0.717) is 45.6 Å². The van der Waals surface area contributed by atoms with E-state index in [1.165, 1.54) is 22.5 Å². The van der Waals surface area contributed by atoms with Gasteiger partial charge in [0.2, 0.25) is 10.0 Å². The lowest BCUT2D eigenvalue weighted by Gasteiger charge is -2.53. The Labute approximate surface area is 163 Å². The Morgan fingerprint density at radius 2 is 1.71 bits per heavy atom. The molecule has 0 N–H and O–H groups in total. The topological polar surface area (TPSA) is 49.9 Å². The number of nitrogens with zero attached hydrogens (tertiary/aromatic N) is 2. The van der Waals surface area contributed by atoms with Crippen LogP contribution in [-0.2, 0) is 14.8 Å². The van der Waals surface area contributed by atoms with Gasteiger partial charge in [-0.15, -0.1) is 0 Å². The number of alkyl halides is 2. The van der Waals surface area contributed by atoms with Crippen LogP contribution in [0.15, 0.2) is 29.2 Å². The van der Waals surface area contributed by atoms with Gasteiger partial charge in [0.1, 0.15) is 5.82 Å². The van der Waals surface area contributed by atoms with Crippen molar-refractivity contribution in [2.45, 2.75) is 54.6 Å². The standard InChI is InChI=1S/C19H25F3N2O3S/c20-15-2-1-3-17(12-15)28(25,26)24-10-4-18(5-11-24)13-16(27-18)14-23-8-6-19(21,22)7-9-23/h1-3,12,16H,4-11,13-14H2/t16-/m1/s1. The summed E-state index contributed by atoms with van der Waals surface area (Å²) in [4.78, 5) is 2.00. The molecular formula is C19H25F3N2O3S. The van der Waals surface area contributed by atoms with Gasteiger partial charge < -0.3 is 9.64 Å². The fraction of sp³-hybridized carbons (Fsp3) is 0.684. The third-order valence-electron chi connectivity index (χ3n) is 6.13. The molecule has 1 aromatic carbocycles. The van der Waals surface area contributed by atoms with Crippen molar-refractivity contribution in [3.63, 3.8) is 0 Å². The molecule has 5 nitrogen and oxygen atoms in total. The maximum atomic E-state index is 13.4. The van der Waals surface area contributed by atoms with Gasteiger partial charge in [-0.2, -0.15) is 4.31 Å². The van der Waals surface area contributed by atoms with Crippen LogP contribution in [0.1, 0.15) is 32.1 Å². The van der Waals surface area contributed by atoms with E-state index in [-0.39, 0.29) is 29.4 Å². The van der Waals surface area contributed by atoms with Crippen LogP contribution in [0.3, 0.4) is 0 Å². The van der Waals surface area contributed by atoms with Gasteiger partial charge in [0.25, 0.3) is 5.92 Å². The van der Waals surface area contributed by atoms with Gasteiger partial charge in [-0.25, -0.2) is 21.6 Å². The number of piperidine rings is 2. The third kappa shape index (κ3) is 4.08. The van der Waals surface area contributed by atoms with Crippen LogP contribution in [-0.4, -0.2) is 68.0 Å². The Kier molecular flexibility index (Phi) is 5.22. The Bertz CT molecular complexity index is 807. The zero-order valence-electron chi connectivity index (χ0n) is 15.6. The minimum absolute atomic E-state index is 0.0260. The number of hydrogen-bond acceptors (Lipinski definition) is 4. The van der Waals surface area contributed by atoms with Crippen molar-refractivity contribution >= 4 is 10.0 Å². The van der Waals surface area contributed by atoms with Crippen molar-refractivity contribution in [3.05, 3.63) is 30.1 Å². The second kappa shape index (κ2) is 7.27. The highest BCUT2D eigenvalue weighted by Gasteiger charge is 2.49. The highest BCUT2D eigenvalue weighted by Crippen LogP contribution is 2.43. The van der Waals surface area contributed by atoms with Gasteiger partial charge >= 0.3 is 0 Å². The van der Waals surface area contributed by atoms with Crippen LogP contribution < -0.4 is 0 Å². The van der Waals surface area contributed by atoms with Crippen molar-refractivity contribution in [3.8, 4) is 0 Å². The van der Waals surface area contributed by atoms with Gasteiger partial charge in [-0.05, 0) is 31.0 Å². The largest absolute Gasteiger partial charge is 0.370 e. The van der Waals surface area contributed by atoms with E-state index in [1.807, 2.05) is 4.90 Å². The van der Waals surface area contributed by atoms with Gasteiger partial charge in [0, 0.05) is 52.0 Å². The molecule has 0 aliphatic carbocycles. The normalized spacial score (nSPS) is 28.2. The molecule has 156 valence electrons. The molecule has 0 amide bonds. The number of sulfonamides is 1. The quantitative estimate of drug-likeness (QED) is 0.755. The van der Waals surface area contributed by atoms with E-state index in [9.17, 15) is 21.6 Å². The molecule has 3 heterocycles. The Hall–Kier alpha value is -1.16. The third-order valence-corrected chi connectivity index (χ3v) is 8.03. The fourth-order valence-electron chi connectivity index (χ4n) is 4.44. The predicted molar refractivity (Wildman–Crippen MR) is 97.2 cm³/mol. The molecule has 0 aromatic heterocycles. The van der Waals surface area contributed by atoms with E-state index >= 15 is 0 Å². The molecule has 1 atom stereocenters. The summed E-state index contributed by atoms with van der Waals surface area (Å²) < 4.78 is 72.7. The van der Waals surface area contributed by atoms with Gasteiger partial charge in [-0.1, -0.05) is 6.07 Å². The minimum Gasteiger partial charge on any atom is -0.370 e. The molecular weight excluding hydrogens is 393 g/mol. The molecule has 9 heteroatoms. The molecule has 0 radical (unpaired) electrons. The molecule has 0 saturated carbocycles. The average Bonchev–Trinajstić information content (AvgIpc) is 2.62. The molecule has 0 unspecified atom stereocenters. The van der Waals surface area contributed by atoms with Crippen LogP contribution >= 0.6 is 0 Å². The predicted octanol–water partition coefficient (Wildman–Crippen LogP) is 2.87. The molecule has 1 aromatic rings. The first-order chi connectivity index (χ1) is 13.2. The summed E-state index contributed by atoms with van der Waals surface area (Å²) in [6.07, 6.45) is 1.84. The fourth-order valence-corrected chi connectivity index (χ4v) is 5.92. The molecule has 1 spiro atoms. The highest BCUT2D eigenvalue weighted by molar-refractivity contribution is 7.89. The first kappa shape index (κ1) is 20.1. The van der Waals surface area contributed by atoms with Crippen molar-refractivity contribution in [2.24, 2.45) is 0 Å². The smallest absolute Gasteiger partial charge is 0.250 e. The maximum Gasteiger partial charge on any atom is 0.250 e. The molecule has 3 fully saturated rings. The van der Waals surface area contributed by atoms with Crippen molar-refractivity contribution < 1.29 is 26.3 Å². The Morgan fingerprint density at radius 3 is 2.32 bits per heavy atom. The summed E-state index contributed by atoms with van der Waals surface area (Å²) in [6, 6.07) is 5.05. The average molecular weight is 418 g/mol.